The van der Waals surface area contributed by atoms with E-state index in [1.54, 1.807) is 24.1 Å². The van der Waals surface area contributed by atoms with Gasteiger partial charge in [0.25, 0.3) is 0 Å². The average Bonchev–Trinajstić information content (AvgIpc) is 2.37. The van der Waals surface area contributed by atoms with Crippen LogP contribution in [0.15, 0.2) is 42.5 Å². The lowest BCUT2D eigenvalue weighted by molar-refractivity contribution is 0.626. The Bertz CT molecular complexity index is 626. The normalized spacial score (nSPS) is 10.3. The van der Waals surface area contributed by atoms with E-state index in [2.05, 4.69) is 0 Å². The van der Waals surface area contributed by atoms with Crippen molar-refractivity contribution in [2.75, 3.05) is 11.9 Å². The van der Waals surface area contributed by atoms with E-state index >= 15 is 0 Å². The molecule has 2 aromatic rings. The molecule has 19 heavy (non-hydrogen) atoms. The minimum Gasteiger partial charge on any atom is -0.384 e. The van der Waals surface area contributed by atoms with Gasteiger partial charge < -0.3 is 10.6 Å². The van der Waals surface area contributed by atoms with Gasteiger partial charge in [0.05, 0.1) is 5.69 Å². The summed E-state index contributed by atoms with van der Waals surface area (Å²) < 4.78 is 26.4. The van der Waals surface area contributed by atoms with Crippen molar-refractivity contribution in [1.82, 2.24) is 0 Å². The molecule has 0 unspecified atom stereocenters. The van der Waals surface area contributed by atoms with E-state index in [0.717, 1.165) is 0 Å². The van der Waals surface area contributed by atoms with Crippen LogP contribution in [-0.4, -0.2) is 12.9 Å². The van der Waals surface area contributed by atoms with Gasteiger partial charge in [-0.05, 0) is 36.4 Å². The molecule has 0 bridgehead atoms. The lowest BCUT2D eigenvalue weighted by Gasteiger charge is -2.22. The average molecular weight is 261 g/mol. The van der Waals surface area contributed by atoms with E-state index in [1.165, 1.54) is 30.3 Å². The van der Waals surface area contributed by atoms with E-state index in [0.29, 0.717) is 11.4 Å². The molecule has 98 valence electrons. The number of benzene rings is 2. The molecule has 0 saturated carbocycles. The molecule has 0 aromatic heterocycles. The lowest BCUT2D eigenvalue weighted by Crippen LogP contribution is -2.19. The van der Waals surface area contributed by atoms with Crippen molar-refractivity contribution in [2.45, 2.75) is 0 Å². The Morgan fingerprint density at radius 1 is 1.11 bits per heavy atom. The van der Waals surface area contributed by atoms with Gasteiger partial charge in [-0.15, -0.1) is 0 Å². The van der Waals surface area contributed by atoms with Gasteiger partial charge in [0.2, 0.25) is 0 Å². The fourth-order valence-electron chi connectivity index (χ4n) is 1.84. The highest BCUT2D eigenvalue weighted by atomic mass is 19.1. The fraction of sp³-hybridized carbons (Fsp3) is 0.0714. The standard InChI is InChI=1S/C14H13F2N3/c1-19(11-4-2-3-9(15)7-11)13-6-5-10(16)8-12(13)14(17)18/h2-8H,1H3,(H3,17,18). The molecule has 0 aliphatic carbocycles. The first-order valence-electron chi connectivity index (χ1n) is 5.62. The Morgan fingerprint density at radius 3 is 2.42 bits per heavy atom. The summed E-state index contributed by atoms with van der Waals surface area (Å²) in [5.74, 6) is -1.07. The van der Waals surface area contributed by atoms with Gasteiger partial charge in [-0.2, -0.15) is 0 Å². The molecule has 3 nitrogen and oxygen atoms in total. The first-order valence-corrected chi connectivity index (χ1v) is 5.62. The summed E-state index contributed by atoms with van der Waals surface area (Å²) in [6.45, 7) is 0. The quantitative estimate of drug-likeness (QED) is 0.659. The third-order valence-electron chi connectivity index (χ3n) is 2.81. The van der Waals surface area contributed by atoms with Gasteiger partial charge >= 0.3 is 0 Å². The van der Waals surface area contributed by atoms with Crippen LogP contribution in [0.3, 0.4) is 0 Å². The lowest BCUT2D eigenvalue weighted by atomic mass is 10.1. The number of rotatable bonds is 3. The molecular weight excluding hydrogens is 248 g/mol. The molecule has 3 N–H and O–H groups in total. The van der Waals surface area contributed by atoms with Crippen molar-refractivity contribution in [3.05, 3.63) is 59.7 Å². The van der Waals surface area contributed by atoms with Gasteiger partial charge in [-0.1, -0.05) is 6.07 Å². The zero-order chi connectivity index (χ0) is 14.0. The van der Waals surface area contributed by atoms with Crippen molar-refractivity contribution in [3.8, 4) is 0 Å². The van der Waals surface area contributed by atoms with Crippen molar-refractivity contribution in [3.63, 3.8) is 0 Å². The largest absolute Gasteiger partial charge is 0.384 e. The fourth-order valence-corrected chi connectivity index (χ4v) is 1.84. The van der Waals surface area contributed by atoms with Crippen LogP contribution < -0.4 is 10.6 Å². The van der Waals surface area contributed by atoms with E-state index in [4.69, 9.17) is 11.1 Å². The highest BCUT2D eigenvalue weighted by Gasteiger charge is 2.12. The molecule has 0 fully saturated rings. The third kappa shape index (κ3) is 2.70. The molecule has 2 rings (SSSR count). The van der Waals surface area contributed by atoms with Gasteiger partial charge in [0.15, 0.2) is 0 Å². The van der Waals surface area contributed by atoms with Gasteiger partial charge in [-0.3, -0.25) is 5.41 Å². The van der Waals surface area contributed by atoms with Crippen LogP contribution in [0.25, 0.3) is 0 Å². The molecule has 0 radical (unpaired) electrons. The summed E-state index contributed by atoms with van der Waals surface area (Å²) in [4.78, 5) is 1.65. The minimum absolute atomic E-state index is 0.238. The Balaban J connectivity index is 2.49. The summed E-state index contributed by atoms with van der Waals surface area (Å²) in [6.07, 6.45) is 0. The van der Waals surface area contributed by atoms with E-state index in [9.17, 15) is 8.78 Å². The molecule has 0 spiro atoms. The predicted molar refractivity (Wildman–Crippen MR) is 71.9 cm³/mol. The second-order valence-electron chi connectivity index (χ2n) is 4.11. The number of halogens is 2. The maximum Gasteiger partial charge on any atom is 0.125 e. The Labute approximate surface area is 109 Å². The molecular formula is C14H13F2N3. The van der Waals surface area contributed by atoms with Crippen LogP contribution in [0, 0.1) is 17.0 Å². The number of hydrogen-bond acceptors (Lipinski definition) is 2. The number of nitrogens with one attached hydrogen (secondary N) is 1. The van der Waals surface area contributed by atoms with Crippen LogP contribution in [0.1, 0.15) is 5.56 Å². The summed E-state index contributed by atoms with van der Waals surface area (Å²) in [7, 11) is 1.70. The second kappa shape index (κ2) is 5.06. The number of nitrogens with two attached hydrogens (primary N) is 1. The van der Waals surface area contributed by atoms with Crippen molar-refractivity contribution < 1.29 is 8.78 Å². The van der Waals surface area contributed by atoms with Gasteiger partial charge in [-0.25, -0.2) is 8.78 Å². The first-order chi connectivity index (χ1) is 8.99. The number of nitrogens with zero attached hydrogens (tertiary/aromatic N) is 1. The SMILES string of the molecule is CN(c1cccc(F)c1)c1ccc(F)cc1C(=N)N. The second-order valence-corrected chi connectivity index (χ2v) is 4.11. The number of nitrogen functional groups attached to an aromatic ring is 1. The predicted octanol–water partition coefficient (Wildman–Crippen LogP) is 3.02. The van der Waals surface area contributed by atoms with E-state index in [-0.39, 0.29) is 17.2 Å². The third-order valence-corrected chi connectivity index (χ3v) is 2.81. The van der Waals surface area contributed by atoms with Crippen LogP contribution >= 0.6 is 0 Å². The summed E-state index contributed by atoms with van der Waals surface area (Å²) in [6, 6.07) is 9.97. The highest BCUT2D eigenvalue weighted by Crippen LogP contribution is 2.27. The van der Waals surface area contributed by atoms with Crippen LogP contribution in [0.5, 0.6) is 0 Å². The molecule has 0 amide bonds. The number of hydrogen-bond donors (Lipinski definition) is 2. The molecule has 0 heterocycles. The zero-order valence-electron chi connectivity index (χ0n) is 10.3. The molecule has 0 aliphatic rings. The van der Waals surface area contributed by atoms with Crippen LogP contribution in [0.2, 0.25) is 0 Å². The first kappa shape index (κ1) is 13.0. The molecule has 2 aromatic carbocycles. The van der Waals surface area contributed by atoms with Crippen LogP contribution in [0.4, 0.5) is 20.2 Å². The maximum atomic E-state index is 13.2. The highest BCUT2D eigenvalue weighted by molar-refractivity contribution is 6.01. The van der Waals surface area contributed by atoms with E-state index in [1.807, 2.05) is 0 Å². The Hall–Kier alpha value is -2.43. The molecule has 0 aliphatic heterocycles. The van der Waals surface area contributed by atoms with Crippen molar-refractivity contribution in [1.29, 1.82) is 5.41 Å². The molecule has 0 saturated heterocycles. The summed E-state index contributed by atoms with van der Waals surface area (Å²) in [5.41, 5.74) is 6.85. The Kier molecular flexibility index (Phi) is 3.46. The summed E-state index contributed by atoms with van der Waals surface area (Å²) >= 11 is 0. The van der Waals surface area contributed by atoms with Gasteiger partial charge in [0.1, 0.15) is 17.5 Å². The molecule has 0 atom stereocenters. The molecule has 5 heteroatoms. The van der Waals surface area contributed by atoms with Gasteiger partial charge in [0, 0.05) is 18.3 Å². The zero-order valence-corrected chi connectivity index (χ0v) is 10.3. The maximum absolute atomic E-state index is 13.2. The van der Waals surface area contributed by atoms with E-state index < -0.39 is 5.82 Å². The topological polar surface area (TPSA) is 53.1 Å². The Morgan fingerprint density at radius 2 is 1.79 bits per heavy atom. The monoisotopic (exact) mass is 261 g/mol. The summed E-state index contributed by atoms with van der Waals surface area (Å²) in [5, 5.41) is 7.48. The van der Waals surface area contributed by atoms with Crippen molar-refractivity contribution >= 4 is 17.2 Å². The smallest absolute Gasteiger partial charge is 0.125 e. The number of amidine groups is 1. The van der Waals surface area contributed by atoms with Crippen LogP contribution in [-0.2, 0) is 0 Å². The minimum atomic E-state index is -0.471. The number of anilines is 2. The van der Waals surface area contributed by atoms with Crippen molar-refractivity contribution in [2.24, 2.45) is 5.73 Å².